The zero-order valence-electron chi connectivity index (χ0n) is 44.7. The van der Waals surface area contributed by atoms with Crippen LogP contribution in [0.4, 0.5) is 0 Å². The van der Waals surface area contributed by atoms with Crippen LogP contribution in [0.25, 0.3) is 0 Å². The molecule has 0 aromatic rings. The van der Waals surface area contributed by atoms with E-state index in [1.807, 2.05) is 25.3 Å². The summed E-state index contributed by atoms with van der Waals surface area (Å²) in [7, 11) is 3.30. The molecule has 71 heavy (non-hydrogen) atoms. The number of rotatable bonds is 4. The van der Waals surface area contributed by atoms with Crippen LogP contribution >= 0.6 is 0 Å². The number of ketones is 4. The molecule has 15 atom stereocenters. The number of carbonyl (C=O) groups excluding carboxylic acids is 6. The molecule has 10 rings (SSSR count). The lowest BCUT2D eigenvalue weighted by Crippen LogP contribution is -2.64. The number of hydrogen-bond donors (Lipinski definition) is 1. The van der Waals surface area contributed by atoms with Gasteiger partial charge in [-0.15, -0.1) is 0 Å². The molecule has 0 heterocycles. The Bertz CT molecular complexity index is 2420. The zero-order valence-corrected chi connectivity index (χ0v) is 44.7. The highest BCUT2D eigenvalue weighted by molar-refractivity contribution is 6.01. The van der Waals surface area contributed by atoms with Gasteiger partial charge in [-0.05, 0) is 170 Å². The van der Waals surface area contributed by atoms with Crippen LogP contribution < -0.4 is 5.73 Å². The molecule has 7 saturated carbocycles. The van der Waals surface area contributed by atoms with Crippen molar-refractivity contribution < 1.29 is 38.2 Å². The normalized spacial score (nSPS) is 44.4. The van der Waals surface area contributed by atoms with Gasteiger partial charge in [-0.25, -0.2) is 0 Å². The minimum Gasteiger partial charge on any atom is -0.469 e. The molecule has 10 aliphatic rings. The second-order valence-electron chi connectivity index (χ2n) is 27.0. The standard InChI is InChI=1S/C29H39NO4.C29H39NO3.C2H5NO/c1-26(2)10-11-29(25(33)34-5)9-7-19-24(20(29)15-26)22(32)13-23-27(19,3)8-6-18-12-21(31)17(16-30)14-28(18,23)4;1-26(2)10-11-29(17-33-5)9-7-20-25(21(29)15-26)23(32)13-24-27(20,3)8-6-19-12-22(31)18(16-30)14-28(19,24)4;3-1-2-4/h14,18-20,23-24H,6-13,15H2,1-5H3;13-14,19-21,25H,6-12,15,17H2,1-5H3;2H,1,3H2. The van der Waals surface area contributed by atoms with E-state index in [4.69, 9.17) is 14.3 Å². The van der Waals surface area contributed by atoms with Gasteiger partial charge in [0.15, 0.2) is 17.3 Å². The number of fused-ring (bicyclic) bond motifs is 14. The molecule has 0 amide bonds. The van der Waals surface area contributed by atoms with Gasteiger partial charge in [-0.1, -0.05) is 73.1 Å². The zero-order chi connectivity index (χ0) is 51.9. The molecule has 0 spiro atoms. The van der Waals surface area contributed by atoms with Gasteiger partial charge >= 0.3 is 5.97 Å². The maximum absolute atomic E-state index is 14.1. The summed E-state index contributed by atoms with van der Waals surface area (Å²) in [6.07, 6.45) is 21.8. The monoisotopic (exact) mass is 974 g/mol. The molecular weight excluding hydrogens is 891 g/mol. The predicted octanol–water partition coefficient (Wildman–Crippen LogP) is 10.4. The summed E-state index contributed by atoms with van der Waals surface area (Å²) in [4.78, 5) is 75.3. The molecule has 0 aliphatic heterocycles. The minimum absolute atomic E-state index is 0.0318. The number of carbonyl (C=O) groups is 6. The van der Waals surface area contributed by atoms with Crippen molar-refractivity contribution in [2.75, 3.05) is 27.4 Å². The number of nitriles is 2. The third kappa shape index (κ3) is 8.42. The van der Waals surface area contributed by atoms with Gasteiger partial charge < -0.3 is 20.0 Å². The van der Waals surface area contributed by atoms with E-state index in [9.17, 15) is 34.5 Å². The lowest BCUT2D eigenvalue weighted by Gasteiger charge is -2.66. The second kappa shape index (κ2) is 18.7. The molecule has 11 heteroatoms. The quantitative estimate of drug-likeness (QED) is 0.208. The Morgan fingerprint density at radius 2 is 1.30 bits per heavy atom. The first-order valence-corrected chi connectivity index (χ1v) is 27.2. The summed E-state index contributed by atoms with van der Waals surface area (Å²) in [6, 6.07) is 4.27. The van der Waals surface area contributed by atoms with E-state index in [-0.39, 0.29) is 115 Å². The Balaban J connectivity index is 0.000000177. The maximum Gasteiger partial charge on any atom is 0.312 e. The lowest BCUT2D eigenvalue weighted by molar-refractivity contribution is -0.195. The van der Waals surface area contributed by atoms with E-state index in [0.717, 1.165) is 90.1 Å². The van der Waals surface area contributed by atoms with Gasteiger partial charge in [-0.3, -0.25) is 24.0 Å². The lowest BCUT2D eigenvalue weighted by atomic mass is 9.37. The Kier molecular flexibility index (Phi) is 14.0. The van der Waals surface area contributed by atoms with Crippen LogP contribution in [0, 0.1) is 119 Å². The topological polar surface area (TPSA) is 194 Å². The van der Waals surface area contributed by atoms with Crippen molar-refractivity contribution in [3.63, 3.8) is 0 Å². The van der Waals surface area contributed by atoms with E-state index in [1.54, 1.807) is 0 Å². The fraction of sp³-hybridized carbons (Fsp3) is 0.767. The predicted molar refractivity (Wildman–Crippen MR) is 269 cm³/mol. The van der Waals surface area contributed by atoms with Crippen LogP contribution in [-0.2, 0) is 38.2 Å². The first-order valence-electron chi connectivity index (χ1n) is 27.2. The number of nitrogens with two attached hydrogens (primary N) is 1. The Morgan fingerprint density at radius 3 is 1.92 bits per heavy atom. The Morgan fingerprint density at radius 1 is 0.704 bits per heavy atom. The molecule has 386 valence electrons. The van der Waals surface area contributed by atoms with Gasteiger partial charge in [0.2, 0.25) is 0 Å². The number of methoxy groups -OCH3 is 2. The molecule has 15 unspecified atom stereocenters. The van der Waals surface area contributed by atoms with E-state index in [2.05, 4.69) is 73.3 Å². The summed E-state index contributed by atoms with van der Waals surface area (Å²) >= 11 is 0. The summed E-state index contributed by atoms with van der Waals surface area (Å²) in [5.74, 6) is 1.87. The van der Waals surface area contributed by atoms with Crippen molar-refractivity contribution in [3.8, 4) is 12.1 Å². The highest BCUT2D eigenvalue weighted by atomic mass is 16.5. The third-order valence-corrected chi connectivity index (χ3v) is 22.5. The average Bonchev–Trinajstić information content (AvgIpc) is 3.33. The van der Waals surface area contributed by atoms with E-state index in [1.165, 1.54) is 19.1 Å². The van der Waals surface area contributed by atoms with E-state index in [0.29, 0.717) is 49.0 Å². The van der Waals surface area contributed by atoms with Crippen LogP contribution in [-0.4, -0.2) is 62.8 Å². The molecular formula is C60H83N3O8. The molecule has 7 fully saturated rings. The maximum atomic E-state index is 14.1. The van der Waals surface area contributed by atoms with Crippen LogP contribution in [0.15, 0.2) is 34.9 Å². The largest absolute Gasteiger partial charge is 0.469 e. The molecule has 0 saturated heterocycles. The first kappa shape index (κ1) is 53.2. The third-order valence-electron chi connectivity index (χ3n) is 22.5. The minimum atomic E-state index is -0.531. The smallest absolute Gasteiger partial charge is 0.312 e. The number of esters is 1. The van der Waals surface area contributed by atoms with Gasteiger partial charge in [0.05, 0.1) is 30.3 Å². The van der Waals surface area contributed by atoms with Crippen LogP contribution in [0.3, 0.4) is 0 Å². The first-order chi connectivity index (χ1) is 33.3. The highest BCUT2D eigenvalue weighted by Crippen LogP contribution is 2.72. The molecule has 10 aliphatic carbocycles. The molecule has 0 aromatic carbocycles. The van der Waals surface area contributed by atoms with Crippen molar-refractivity contribution in [1.29, 1.82) is 10.5 Å². The van der Waals surface area contributed by atoms with Gasteiger partial charge in [-0.2, -0.15) is 10.5 Å². The number of allylic oxidation sites excluding steroid dienone is 6. The van der Waals surface area contributed by atoms with Crippen LogP contribution in [0.2, 0.25) is 0 Å². The van der Waals surface area contributed by atoms with Crippen molar-refractivity contribution in [2.45, 2.75) is 165 Å². The van der Waals surface area contributed by atoms with Crippen molar-refractivity contribution >= 4 is 35.4 Å². The number of Topliss-reactive ketones (excluding diaryl/α,β-unsaturated/α-hetero) is 3. The molecule has 11 nitrogen and oxygen atoms in total. The highest BCUT2D eigenvalue weighted by Gasteiger charge is 2.69. The number of hydrogen-bond acceptors (Lipinski definition) is 11. The fourth-order valence-electron chi connectivity index (χ4n) is 18.7. The summed E-state index contributed by atoms with van der Waals surface area (Å²) in [5, 5.41) is 19.2. The summed E-state index contributed by atoms with van der Waals surface area (Å²) in [6.45, 7) is 19.3. The second-order valence-corrected chi connectivity index (χ2v) is 27.0. The molecule has 0 bridgehead atoms. The summed E-state index contributed by atoms with van der Waals surface area (Å²) in [5.41, 5.74) is 5.60. The molecule has 0 radical (unpaired) electrons. The molecule has 2 N–H and O–H groups in total. The fourth-order valence-corrected chi connectivity index (χ4v) is 18.7. The Hall–Kier alpha value is -4.06. The molecule has 0 aromatic heterocycles. The Labute approximate surface area is 423 Å². The van der Waals surface area contributed by atoms with Crippen molar-refractivity contribution in [2.24, 2.45) is 102 Å². The summed E-state index contributed by atoms with van der Waals surface area (Å²) < 4.78 is 11.1. The van der Waals surface area contributed by atoms with Gasteiger partial charge in [0.25, 0.3) is 0 Å². The van der Waals surface area contributed by atoms with E-state index >= 15 is 0 Å². The van der Waals surface area contributed by atoms with Crippen LogP contribution in [0.5, 0.6) is 0 Å². The van der Waals surface area contributed by atoms with Gasteiger partial charge in [0.1, 0.15) is 24.2 Å². The van der Waals surface area contributed by atoms with Crippen LogP contribution in [0.1, 0.15) is 165 Å². The van der Waals surface area contributed by atoms with Gasteiger partial charge in [0, 0.05) is 50.2 Å². The van der Waals surface area contributed by atoms with Crippen molar-refractivity contribution in [3.05, 3.63) is 34.9 Å². The van der Waals surface area contributed by atoms with Crippen molar-refractivity contribution in [1.82, 2.24) is 0 Å². The van der Waals surface area contributed by atoms with E-state index < -0.39 is 5.41 Å². The SMILES string of the molecule is COC(=O)C12CCC3C(C(=O)CC4C5(C)C=C(C#N)C(=O)CC5CCC34C)C1CC(C)(C)CC2.COCC12CCC3C(C(=O)C=C4C5(C)C=C(C#N)C(=O)CC5CCC43C)C1CC(C)(C)CC2.NCC=O. The number of nitrogens with zero attached hydrogens (tertiary/aromatic N) is 2. The number of aldehydes is 1. The average molecular weight is 974 g/mol. The number of ether oxygens (including phenoxy) is 2.